The number of hydrogen-bond acceptors (Lipinski definition) is 4. The van der Waals surface area contributed by atoms with Crippen molar-refractivity contribution >= 4 is 0 Å². The monoisotopic (exact) mass is 249 g/mol. The second-order valence-corrected chi connectivity index (χ2v) is 4.26. The zero-order valence-electron chi connectivity index (χ0n) is 9.62. The lowest BCUT2D eigenvalue weighted by Crippen LogP contribution is -2.38. The minimum absolute atomic E-state index is 0.0490. The van der Waals surface area contributed by atoms with E-state index in [2.05, 4.69) is 20.8 Å². The third-order valence-electron chi connectivity index (χ3n) is 3.05. The van der Waals surface area contributed by atoms with E-state index in [4.69, 9.17) is 0 Å². The van der Waals surface area contributed by atoms with Gasteiger partial charge in [-0.05, 0) is 36.7 Å². The number of aromatic nitrogens is 4. The minimum atomic E-state index is -4.30. The molecule has 96 valence electrons. The van der Waals surface area contributed by atoms with Gasteiger partial charge < -0.3 is 5.32 Å². The van der Waals surface area contributed by atoms with Gasteiger partial charge in [-0.1, -0.05) is 6.92 Å². The van der Waals surface area contributed by atoms with E-state index in [1.54, 1.807) is 6.92 Å². The molecule has 1 aromatic heterocycles. The van der Waals surface area contributed by atoms with Crippen LogP contribution in [-0.2, 0) is 5.54 Å². The number of rotatable bonds is 4. The van der Waals surface area contributed by atoms with Gasteiger partial charge in [0.15, 0.2) is 11.4 Å². The maximum atomic E-state index is 13.0. The predicted molar refractivity (Wildman–Crippen MR) is 53.2 cm³/mol. The molecule has 17 heavy (non-hydrogen) atoms. The molecule has 0 saturated heterocycles. The summed E-state index contributed by atoms with van der Waals surface area (Å²) in [6, 6.07) is -0.296. The average molecular weight is 249 g/mol. The van der Waals surface area contributed by atoms with Crippen LogP contribution in [0.25, 0.3) is 0 Å². The average Bonchev–Trinajstić information content (AvgIpc) is 2.90. The van der Waals surface area contributed by atoms with Crippen LogP contribution in [0.2, 0.25) is 0 Å². The van der Waals surface area contributed by atoms with Crippen LogP contribution in [0, 0.1) is 0 Å². The topological polar surface area (TPSA) is 55.6 Å². The number of hydrogen-bond donors (Lipinski definition) is 1. The molecule has 1 unspecified atom stereocenters. The fourth-order valence-electron chi connectivity index (χ4n) is 1.90. The molecule has 8 heteroatoms. The summed E-state index contributed by atoms with van der Waals surface area (Å²) < 4.78 is 39.8. The van der Waals surface area contributed by atoms with Crippen molar-refractivity contribution in [3.63, 3.8) is 0 Å². The van der Waals surface area contributed by atoms with E-state index in [0.717, 1.165) is 4.68 Å². The van der Waals surface area contributed by atoms with E-state index in [-0.39, 0.29) is 24.7 Å². The highest BCUT2D eigenvalue weighted by atomic mass is 19.4. The minimum Gasteiger partial charge on any atom is -0.308 e. The highest BCUT2D eigenvalue weighted by Crippen LogP contribution is 2.55. The summed E-state index contributed by atoms with van der Waals surface area (Å²) in [7, 11) is 0. The first-order valence-electron chi connectivity index (χ1n) is 5.51. The van der Waals surface area contributed by atoms with Crippen molar-refractivity contribution in [2.24, 2.45) is 0 Å². The summed E-state index contributed by atoms with van der Waals surface area (Å²) in [6.45, 7) is 4.27. The molecule has 1 aromatic rings. The lowest BCUT2D eigenvalue weighted by atomic mass is 10.2. The summed E-state index contributed by atoms with van der Waals surface area (Å²) in [4.78, 5) is 0. The Labute approximate surface area is 96.4 Å². The van der Waals surface area contributed by atoms with Gasteiger partial charge in [0, 0.05) is 0 Å². The quantitative estimate of drug-likeness (QED) is 0.876. The molecule has 0 bridgehead atoms. The fourth-order valence-corrected chi connectivity index (χ4v) is 1.90. The maximum absolute atomic E-state index is 13.0. The zero-order valence-corrected chi connectivity index (χ0v) is 9.62. The highest BCUT2D eigenvalue weighted by Gasteiger charge is 2.66. The van der Waals surface area contributed by atoms with Gasteiger partial charge in [-0.3, -0.25) is 0 Å². The smallest absolute Gasteiger partial charge is 0.308 e. The normalized spacial score (nSPS) is 20.3. The summed E-state index contributed by atoms with van der Waals surface area (Å²) in [5, 5.41) is 13.6. The lowest BCUT2D eigenvalue weighted by molar-refractivity contribution is -0.183. The SMILES string of the molecule is CCNC(C)c1nnnn1C1(C(F)(F)F)CC1. The molecule has 0 spiro atoms. The molecule has 0 aliphatic heterocycles. The molecule has 1 atom stereocenters. The Morgan fingerprint density at radius 2 is 2.12 bits per heavy atom. The van der Waals surface area contributed by atoms with Crippen LogP contribution in [0.15, 0.2) is 0 Å². The van der Waals surface area contributed by atoms with E-state index in [1.807, 2.05) is 6.92 Å². The van der Waals surface area contributed by atoms with Crippen molar-refractivity contribution in [1.82, 2.24) is 25.5 Å². The Hall–Kier alpha value is -1.18. The van der Waals surface area contributed by atoms with Crippen molar-refractivity contribution in [2.45, 2.75) is 44.4 Å². The third-order valence-corrected chi connectivity index (χ3v) is 3.05. The molecule has 0 radical (unpaired) electrons. The maximum Gasteiger partial charge on any atom is 0.413 e. The van der Waals surface area contributed by atoms with Gasteiger partial charge in [0.25, 0.3) is 0 Å². The summed E-state index contributed by atoms with van der Waals surface area (Å²) in [5.41, 5.74) is -1.88. The molecular weight excluding hydrogens is 235 g/mol. The van der Waals surface area contributed by atoms with Crippen molar-refractivity contribution in [3.05, 3.63) is 5.82 Å². The van der Waals surface area contributed by atoms with Gasteiger partial charge in [0.05, 0.1) is 6.04 Å². The molecule has 1 aliphatic carbocycles. The van der Waals surface area contributed by atoms with E-state index in [1.165, 1.54) is 0 Å². The number of halogens is 3. The molecule has 1 saturated carbocycles. The van der Waals surface area contributed by atoms with E-state index >= 15 is 0 Å². The van der Waals surface area contributed by atoms with Crippen LogP contribution >= 0.6 is 0 Å². The van der Waals surface area contributed by atoms with Gasteiger partial charge in [-0.25, -0.2) is 4.68 Å². The molecule has 2 rings (SSSR count). The third kappa shape index (κ3) is 1.90. The molecule has 1 fully saturated rings. The standard InChI is InChI=1S/C9H14F3N5/c1-3-13-6(2)7-14-15-16-17(7)8(4-5-8)9(10,11)12/h6,13H,3-5H2,1-2H3. The van der Waals surface area contributed by atoms with Crippen molar-refractivity contribution in [1.29, 1.82) is 0 Å². The van der Waals surface area contributed by atoms with Crippen LogP contribution in [0.4, 0.5) is 13.2 Å². The molecule has 0 aromatic carbocycles. The largest absolute Gasteiger partial charge is 0.413 e. The number of nitrogens with zero attached hydrogens (tertiary/aromatic N) is 4. The Morgan fingerprint density at radius 3 is 2.59 bits per heavy atom. The first-order chi connectivity index (χ1) is 7.92. The van der Waals surface area contributed by atoms with Crippen LogP contribution in [0.1, 0.15) is 38.6 Å². The van der Waals surface area contributed by atoms with Crippen LogP contribution in [0.5, 0.6) is 0 Å². The van der Waals surface area contributed by atoms with Gasteiger partial charge in [-0.15, -0.1) is 5.10 Å². The van der Waals surface area contributed by atoms with Crippen molar-refractivity contribution in [2.75, 3.05) is 6.54 Å². The van der Waals surface area contributed by atoms with Crippen molar-refractivity contribution in [3.8, 4) is 0 Å². The van der Waals surface area contributed by atoms with Gasteiger partial charge >= 0.3 is 6.18 Å². The van der Waals surface area contributed by atoms with E-state index < -0.39 is 11.7 Å². The van der Waals surface area contributed by atoms with Gasteiger partial charge in [-0.2, -0.15) is 13.2 Å². The summed E-state index contributed by atoms with van der Waals surface area (Å²) in [6.07, 6.45) is -4.20. The van der Waals surface area contributed by atoms with Crippen LogP contribution in [0.3, 0.4) is 0 Å². The Bertz CT molecular complexity index is 396. The summed E-state index contributed by atoms with van der Waals surface area (Å²) in [5.74, 6) is 0.238. The molecule has 1 N–H and O–H groups in total. The van der Waals surface area contributed by atoms with Gasteiger partial charge in [0.2, 0.25) is 0 Å². The Morgan fingerprint density at radius 1 is 1.47 bits per heavy atom. The predicted octanol–water partition coefficient (Wildman–Crippen LogP) is 1.39. The fraction of sp³-hybridized carbons (Fsp3) is 0.889. The number of tetrazole rings is 1. The Kier molecular flexibility index (Phi) is 2.84. The van der Waals surface area contributed by atoms with E-state index in [9.17, 15) is 13.2 Å². The first-order valence-corrected chi connectivity index (χ1v) is 5.51. The lowest BCUT2D eigenvalue weighted by Gasteiger charge is -2.22. The zero-order chi connectivity index (χ0) is 12.7. The molecular formula is C9H14F3N5. The highest BCUT2D eigenvalue weighted by molar-refractivity contribution is 5.09. The number of alkyl halides is 3. The molecule has 1 heterocycles. The summed E-state index contributed by atoms with van der Waals surface area (Å²) >= 11 is 0. The van der Waals surface area contributed by atoms with E-state index in [0.29, 0.717) is 6.54 Å². The second-order valence-electron chi connectivity index (χ2n) is 4.26. The Balaban J connectivity index is 2.32. The first kappa shape index (κ1) is 12.3. The second kappa shape index (κ2) is 3.94. The molecule has 5 nitrogen and oxygen atoms in total. The van der Waals surface area contributed by atoms with Crippen LogP contribution < -0.4 is 5.32 Å². The van der Waals surface area contributed by atoms with Crippen LogP contribution in [-0.4, -0.2) is 32.9 Å². The molecule has 1 aliphatic rings. The molecule has 0 amide bonds. The van der Waals surface area contributed by atoms with Crippen molar-refractivity contribution < 1.29 is 13.2 Å². The van der Waals surface area contributed by atoms with Gasteiger partial charge in [0.1, 0.15) is 0 Å². The number of nitrogens with one attached hydrogen (secondary N) is 1.